The molecule has 0 radical (unpaired) electrons. The largest absolute Gasteiger partial charge is 0.383 e. The summed E-state index contributed by atoms with van der Waals surface area (Å²) in [6, 6.07) is 7.11. The number of nitrogens with two attached hydrogens (primary N) is 1. The van der Waals surface area contributed by atoms with Crippen LogP contribution in [0.5, 0.6) is 0 Å². The molecule has 1 aromatic rings. The fourth-order valence-corrected chi connectivity index (χ4v) is 2.99. The van der Waals surface area contributed by atoms with Crippen LogP contribution in [0.2, 0.25) is 0 Å². The van der Waals surface area contributed by atoms with Gasteiger partial charge in [-0.1, -0.05) is 26.0 Å². The molecule has 0 aliphatic heterocycles. The number of hydrogen-bond donors (Lipinski definition) is 1. The van der Waals surface area contributed by atoms with Crippen molar-refractivity contribution in [2.45, 2.75) is 51.7 Å². The first-order valence-electron chi connectivity index (χ1n) is 7.80. The lowest BCUT2D eigenvalue weighted by Gasteiger charge is -2.39. The molecule has 3 nitrogen and oxygen atoms in total. The third-order valence-electron chi connectivity index (χ3n) is 4.01. The molecule has 0 saturated heterocycles. The van der Waals surface area contributed by atoms with Crippen molar-refractivity contribution in [3.05, 3.63) is 35.6 Å². The van der Waals surface area contributed by atoms with Gasteiger partial charge in [0.25, 0.3) is 0 Å². The quantitative estimate of drug-likeness (QED) is 0.759. The highest BCUT2D eigenvalue weighted by atomic mass is 19.1. The topological polar surface area (TPSA) is 38.5 Å². The van der Waals surface area contributed by atoms with E-state index in [4.69, 9.17) is 10.5 Å². The Morgan fingerprint density at radius 3 is 2.43 bits per heavy atom. The smallest absolute Gasteiger partial charge is 0.123 e. The SMILES string of the molecule is CCC(CC)N(CCOC)C(c1cccc(F)c1)C(C)N. The third kappa shape index (κ3) is 5.06. The van der Waals surface area contributed by atoms with Crippen molar-refractivity contribution in [2.24, 2.45) is 5.73 Å². The summed E-state index contributed by atoms with van der Waals surface area (Å²) in [7, 11) is 1.70. The molecule has 2 N–H and O–H groups in total. The molecule has 0 saturated carbocycles. The maximum atomic E-state index is 13.6. The van der Waals surface area contributed by atoms with E-state index in [0.29, 0.717) is 12.6 Å². The Hall–Kier alpha value is -0.970. The molecule has 2 atom stereocenters. The predicted octanol–water partition coefficient (Wildman–Crippen LogP) is 3.35. The fraction of sp³-hybridized carbons (Fsp3) is 0.647. The van der Waals surface area contributed by atoms with Crippen LogP contribution in [-0.2, 0) is 4.74 Å². The highest BCUT2D eigenvalue weighted by Crippen LogP contribution is 2.28. The second-order valence-corrected chi connectivity index (χ2v) is 5.56. The summed E-state index contributed by atoms with van der Waals surface area (Å²) in [5.41, 5.74) is 7.17. The van der Waals surface area contributed by atoms with Crippen LogP contribution in [0.1, 0.15) is 45.2 Å². The van der Waals surface area contributed by atoms with E-state index in [1.807, 2.05) is 13.0 Å². The molecule has 0 aliphatic carbocycles. The highest BCUT2D eigenvalue weighted by Gasteiger charge is 2.28. The Balaban J connectivity index is 3.12. The minimum Gasteiger partial charge on any atom is -0.383 e. The molecule has 0 spiro atoms. The summed E-state index contributed by atoms with van der Waals surface area (Å²) in [6.45, 7) is 7.79. The molecule has 2 unspecified atom stereocenters. The second-order valence-electron chi connectivity index (χ2n) is 5.56. The van der Waals surface area contributed by atoms with E-state index >= 15 is 0 Å². The van der Waals surface area contributed by atoms with Crippen LogP contribution in [0.3, 0.4) is 0 Å². The lowest BCUT2D eigenvalue weighted by Crippen LogP contribution is -2.46. The molecule has 0 aliphatic rings. The number of methoxy groups -OCH3 is 1. The summed E-state index contributed by atoms with van der Waals surface area (Å²) < 4.78 is 18.8. The van der Waals surface area contributed by atoms with Gasteiger partial charge >= 0.3 is 0 Å². The van der Waals surface area contributed by atoms with Crippen LogP contribution in [-0.4, -0.2) is 37.2 Å². The van der Waals surface area contributed by atoms with Crippen LogP contribution in [0.15, 0.2) is 24.3 Å². The molecule has 1 aromatic carbocycles. The highest BCUT2D eigenvalue weighted by molar-refractivity contribution is 5.22. The van der Waals surface area contributed by atoms with Gasteiger partial charge in [-0.25, -0.2) is 4.39 Å². The van der Waals surface area contributed by atoms with E-state index < -0.39 is 0 Å². The minimum absolute atomic E-state index is 0.000694. The molecule has 0 heterocycles. The molecule has 0 amide bonds. The Morgan fingerprint density at radius 2 is 1.95 bits per heavy atom. The van der Waals surface area contributed by atoms with Gasteiger partial charge in [0.1, 0.15) is 5.82 Å². The summed E-state index contributed by atoms with van der Waals surface area (Å²) in [5.74, 6) is -0.214. The van der Waals surface area contributed by atoms with Gasteiger partial charge in [-0.3, -0.25) is 4.90 Å². The number of hydrogen-bond acceptors (Lipinski definition) is 3. The van der Waals surface area contributed by atoms with Crippen molar-refractivity contribution in [3.8, 4) is 0 Å². The van der Waals surface area contributed by atoms with Crippen LogP contribution in [0, 0.1) is 5.82 Å². The van der Waals surface area contributed by atoms with Gasteiger partial charge in [0.2, 0.25) is 0 Å². The zero-order valence-electron chi connectivity index (χ0n) is 13.7. The van der Waals surface area contributed by atoms with Crippen molar-refractivity contribution in [1.29, 1.82) is 0 Å². The van der Waals surface area contributed by atoms with E-state index in [9.17, 15) is 4.39 Å². The van der Waals surface area contributed by atoms with Crippen LogP contribution in [0.25, 0.3) is 0 Å². The normalized spacial score (nSPS) is 14.7. The third-order valence-corrected chi connectivity index (χ3v) is 4.01. The van der Waals surface area contributed by atoms with Gasteiger partial charge in [0.15, 0.2) is 0 Å². The lowest BCUT2D eigenvalue weighted by atomic mass is 9.96. The number of ether oxygens (including phenoxy) is 1. The summed E-state index contributed by atoms with van der Waals surface area (Å²) in [5, 5.41) is 0. The molecule has 1 rings (SSSR count). The van der Waals surface area contributed by atoms with Crippen molar-refractivity contribution in [3.63, 3.8) is 0 Å². The van der Waals surface area contributed by atoms with Gasteiger partial charge in [0.05, 0.1) is 12.6 Å². The van der Waals surface area contributed by atoms with E-state index in [1.165, 1.54) is 6.07 Å². The molecule has 0 fully saturated rings. The van der Waals surface area contributed by atoms with Crippen molar-refractivity contribution in [2.75, 3.05) is 20.3 Å². The molecular formula is C17H29FN2O. The lowest BCUT2D eigenvalue weighted by molar-refractivity contribution is 0.0701. The zero-order chi connectivity index (χ0) is 15.8. The molecule has 0 bridgehead atoms. The van der Waals surface area contributed by atoms with E-state index in [2.05, 4.69) is 18.7 Å². The average Bonchev–Trinajstić information content (AvgIpc) is 2.45. The van der Waals surface area contributed by atoms with Gasteiger partial charge in [-0.2, -0.15) is 0 Å². The van der Waals surface area contributed by atoms with Gasteiger partial charge in [0, 0.05) is 25.7 Å². The number of halogens is 1. The summed E-state index contributed by atoms with van der Waals surface area (Å²) in [6.07, 6.45) is 2.08. The number of nitrogens with zero attached hydrogens (tertiary/aromatic N) is 1. The Morgan fingerprint density at radius 1 is 1.29 bits per heavy atom. The van der Waals surface area contributed by atoms with E-state index in [1.54, 1.807) is 19.2 Å². The first kappa shape index (κ1) is 18.1. The predicted molar refractivity (Wildman–Crippen MR) is 85.7 cm³/mol. The first-order chi connectivity index (χ1) is 10.0. The van der Waals surface area contributed by atoms with E-state index in [-0.39, 0.29) is 17.9 Å². The maximum Gasteiger partial charge on any atom is 0.123 e. The zero-order valence-corrected chi connectivity index (χ0v) is 13.7. The standard InChI is InChI=1S/C17H29FN2O/c1-5-16(6-2)20(10-11-21-4)17(13(3)19)14-8-7-9-15(18)12-14/h7-9,12-13,16-17H,5-6,10-11,19H2,1-4H3. The molecule has 21 heavy (non-hydrogen) atoms. The number of benzene rings is 1. The van der Waals surface area contributed by atoms with E-state index in [0.717, 1.165) is 24.9 Å². The maximum absolute atomic E-state index is 13.6. The monoisotopic (exact) mass is 296 g/mol. The summed E-state index contributed by atoms with van der Waals surface area (Å²) in [4.78, 5) is 2.36. The fourth-order valence-electron chi connectivity index (χ4n) is 2.99. The van der Waals surface area contributed by atoms with Crippen molar-refractivity contribution in [1.82, 2.24) is 4.90 Å². The average molecular weight is 296 g/mol. The van der Waals surface area contributed by atoms with Crippen LogP contribution >= 0.6 is 0 Å². The summed E-state index contributed by atoms with van der Waals surface area (Å²) >= 11 is 0. The van der Waals surface area contributed by atoms with Gasteiger partial charge in [-0.15, -0.1) is 0 Å². The molecule has 120 valence electrons. The van der Waals surface area contributed by atoms with Gasteiger partial charge < -0.3 is 10.5 Å². The Labute approximate surface area is 128 Å². The van der Waals surface area contributed by atoms with Gasteiger partial charge in [-0.05, 0) is 37.5 Å². The molecular weight excluding hydrogens is 267 g/mol. The first-order valence-corrected chi connectivity index (χ1v) is 7.80. The van der Waals surface area contributed by atoms with Crippen molar-refractivity contribution < 1.29 is 9.13 Å². The van der Waals surface area contributed by atoms with Crippen LogP contribution < -0.4 is 5.73 Å². The molecule has 0 aromatic heterocycles. The number of rotatable bonds is 9. The molecule has 4 heteroatoms. The van der Waals surface area contributed by atoms with Crippen LogP contribution in [0.4, 0.5) is 4.39 Å². The second kappa shape index (κ2) is 9.13. The minimum atomic E-state index is -0.214. The van der Waals surface area contributed by atoms with Crippen molar-refractivity contribution >= 4 is 0 Å². The Bertz CT molecular complexity index is 408. The Kier molecular flexibility index (Phi) is 7.86.